The SMILES string of the molecule is C[C@H](CC[C@@H]1OC1(C)C)[C@H]1CC[C@H]2[C@@H]3C[C@@H](O)C4=CC(=O)CC[C@]4(C)[C@H]3CC[C@]12C. The molecule has 4 fully saturated rings. The Morgan fingerprint density at radius 1 is 1.13 bits per heavy atom. The van der Waals surface area contributed by atoms with Gasteiger partial charge in [-0.15, -0.1) is 0 Å². The van der Waals surface area contributed by atoms with E-state index in [0.29, 0.717) is 29.8 Å². The molecule has 1 heterocycles. The van der Waals surface area contributed by atoms with Gasteiger partial charge in [-0.05, 0) is 117 Å². The Balaban J connectivity index is 1.33. The molecule has 4 aliphatic carbocycles. The molecule has 1 aliphatic heterocycles. The lowest BCUT2D eigenvalue weighted by atomic mass is 9.46. The largest absolute Gasteiger partial charge is 0.389 e. The van der Waals surface area contributed by atoms with Crippen molar-refractivity contribution < 1.29 is 14.6 Å². The highest BCUT2D eigenvalue weighted by molar-refractivity contribution is 5.91. The van der Waals surface area contributed by atoms with Gasteiger partial charge in [-0.2, -0.15) is 0 Å². The maximum absolute atomic E-state index is 12.1. The van der Waals surface area contributed by atoms with E-state index in [0.717, 1.165) is 36.2 Å². The zero-order valence-electron chi connectivity index (χ0n) is 19.7. The highest BCUT2D eigenvalue weighted by Crippen LogP contribution is 2.67. The second-order valence-corrected chi connectivity index (χ2v) is 12.6. The summed E-state index contributed by atoms with van der Waals surface area (Å²) in [5.41, 5.74) is 1.64. The summed E-state index contributed by atoms with van der Waals surface area (Å²) >= 11 is 0. The highest BCUT2D eigenvalue weighted by Gasteiger charge is 2.61. The van der Waals surface area contributed by atoms with Gasteiger partial charge in [-0.3, -0.25) is 4.79 Å². The minimum absolute atomic E-state index is 0.0379. The van der Waals surface area contributed by atoms with Gasteiger partial charge >= 0.3 is 0 Å². The van der Waals surface area contributed by atoms with E-state index < -0.39 is 6.10 Å². The molecule has 5 aliphatic rings. The van der Waals surface area contributed by atoms with E-state index in [9.17, 15) is 9.90 Å². The van der Waals surface area contributed by atoms with Crippen molar-refractivity contribution in [2.75, 3.05) is 0 Å². The Labute approximate surface area is 183 Å². The van der Waals surface area contributed by atoms with Crippen LogP contribution in [0.15, 0.2) is 11.6 Å². The maximum atomic E-state index is 12.1. The summed E-state index contributed by atoms with van der Waals surface area (Å²) < 4.78 is 5.84. The first kappa shape index (κ1) is 21.2. The molecule has 0 aromatic carbocycles. The van der Waals surface area contributed by atoms with Gasteiger partial charge in [0.1, 0.15) is 0 Å². The lowest BCUT2D eigenvalue weighted by Gasteiger charge is -2.59. The number of aliphatic hydroxyl groups is 1. The molecule has 0 bridgehead atoms. The number of hydrogen-bond donors (Lipinski definition) is 1. The third-order valence-electron chi connectivity index (χ3n) is 10.8. The summed E-state index contributed by atoms with van der Waals surface area (Å²) in [5, 5.41) is 11.1. The smallest absolute Gasteiger partial charge is 0.155 e. The van der Waals surface area contributed by atoms with E-state index in [1.807, 2.05) is 6.08 Å². The molecule has 3 nitrogen and oxygen atoms in total. The van der Waals surface area contributed by atoms with Gasteiger partial charge in [0.25, 0.3) is 0 Å². The first-order valence-corrected chi connectivity index (χ1v) is 12.7. The van der Waals surface area contributed by atoms with Crippen molar-refractivity contribution in [3.63, 3.8) is 0 Å². The summed E-state index contributed by atoms with van der Waals surface area (Å²) in [4.78, 5) is 12.1. The van der Waals surface area contributed by atoms with Crippen LogP contribution in [0.25, 0.3) is 0 Å². The molecule has 5 rings (SSSR count). The molecule has 1 saturated heterocycles. The monoisotopic (exact) mass is 414 g/mol. The predicted molar refractivity (Wildman–Crippen MR) is 119 cm³/mol. The predicted octanol–water partition coefficient (Wildman–Crippen LogP) is 5.70. The van der Waals surface area contributed by atoms with E-state index in [-0.39, 0.29) is 16.8 Å². The molecule has 0 spiro atoms. The molecule has 3 saturated carbocycles. The average Bonchev–Trinajstić information content (AvgIpc) is 3.12. The Morgan fingerprint density at radius 3 is 2.57 bits per heavy atom. The number of epoxide rings is 1. The van der Waals surface area contributed by atoms with Crippen LogP contribution in [0, 0.1) is 40.4 Å². The van der Waals surface area contributed by atoms with Crippen LogP contribution >= 0.6 is 0 Å². The Morgan fingerprint density at radius 2 is 1.87 bits per heavy atom. The van der Waals surface area contributed by atoms with E-state index in [1.54, 1.807) is 0 Å². The lowest BCUT2D eigenvalue weighted by molar-refractivity contribution is -0.119. The maximum Gasteiger partial charge on any atom is 0.155 e. The van der Waals surface area contributed by atoms with Crippen LogP contribution in [-0.2, 0) is 9.53 Å². The van der Waals surface area contributed by atoms with Crippen LogP contribution in [0.5, 0.6) is 0 Å². The lowest BCUT2D eigenvalue weighted by Crippen LogP contribution is -2.54. The van der Waals surface area contributed by atoms with Crippen LogP contribution in [0.2, 0.25) is 0 Å². The number of hydrogen-bond acceptors (Lipinski definition) is 3. The van der Waals surface area contributed by atoms with Gasteiger partial charge in [0.05, 0.1) is 17.8 Å². The molecular weight excluding hydrogens is 372 g/mol. The molecule has 1 N–H and O–H groups in total. The molecule has 0 unspecified atom stereocenters. The Kier molecular flexibility index (Phi) is 4.88. The number of aliphatic hydroxyl groups excluding tert-OH is 1. The molecule has 30 heavy (non-hydrogen) atoms. The second kappa shape index (κ2) is 6.91. The van der Waals surface area contributed by atoms with Gasteiger partial charge in [-0.1, -0.05) is 20.8 Å². The van der Waals surface area contributed by atoms with Crippen molar-refractivity contribution in [2.45, 2.75) is 110 Å². The van der Waals surface area contributed by atoms with Crippen molar-refractivity contribution in [3.8, 4) is 0 Å². The zero-order chi connectivity index (χ0) is 21.5. The van der Waals surface area contributed by atoms with Gasteiger partial charge in [0.15, 0.2) is 5.78 Å². The minimum Gasteiger partial charge on any atom is -0.389 e. The fraction of sp³-hybridized carbons (Fsp3) is 0.889. The molecule has 0 amide bonds. The molecule has 0 radical (unpaired) electrons. The normalized spacial score (nSPS) is 50.2. The standard InChI is InChI=1S/C27H42O3/c1-16(6-9-24-25(2,3)30-24)19-7-8-20-18-15-23(29)22-14-17(28)10-12-27(22,5)21(18)11-13-26(19,20)4/h14,16,18-21,23-24,29H,6-13,15H2,1-5H3/t16-,18+,19-,20+,21+,23-,24+,26-,27-/m1/s1. The average molecular weight is 415 g/mol. The van der Waals surface area contributed by atoms with E-state index in [2.05, 4.69) is 34.6 Å². The summed E-state index contributed by atoms with van der Waals surface area (Å²) in [6.07, 6.45) is 12.1. The van der Waals surface area contributed by atoms with Crippen LogP contribution in [-0.4, -0.2) is 28.7 Å². The van der Waals surface area contributed by atoms with Crippen molar-refractivity contribution in [2.24, 2.45) is 40.4 Å². The van der Waals surface area contributed by atoms with Gasteiger partial charge in [0, 0.05) is 6.42 Å². The van der Waals surface area contributed by atoms with Crippen LogP contribution in [0.3, 0.4) is 0 Å². The van der Waals surface area contributed by atoms with Crippen molar-refractivity contribution in [1.29, 1.82) is 0 Å². The molecule has 168 valence electrons. The van der Waals surface area contributed by atoms with Gasteiger partial charge < -0.3 is 9.84 Å². The minimum atomic E-state index is -0.409. The fourth-order valence-electron chi connectivity index (χ4n) is 8.94. The molecule has 9 atom stereocenters. The van der Waals surface area contributed by atoms with Crippen molar-refractivity contribution in [3.05, 3.63) is 11.6 Å². The highest BCUT2D eigenvalue weighted by atomic mass is 16.6. The number of rotatable bonds is 4. The summed E-state index contributed by atoms with van der Waals surface area (Å²) in [7, 11) is 0. The fourth-order valence-corrected chi connectivity index (χ4v) is 8.94. The van der Waals surface area contributed by atoms with Gasteiger partial charge in [0.2, 0.25) is 0 Å². The first-order chi connectivity index (χ1) is 14.1. The van der Waals surface area contributed by atoms with E-state index >= 15 is 0 Å². The summed E-state index contributed by atoms with van der Waals surface area (Å²) in [6.45, 7) is 11.9. The topological polar surface area (TPSA) is 49.8 Å². The van der Waals surface area contributed by atoms with Crippen LogP contribution in [0.1, 0.15) is 92.4 Å². The van der Waals surface area contributed by atoms with Crippen molar-refractivity contribution >= 4 is 5.78 Å². The third-order valence-corrected chi connectivity index (χ3v) is 10.8. The Bertz CT molecular complexity index is 753. The van der Waals surface area contributed by atoms with Crippen LogP contribution < -0.4 is 0 Å². The third kappa shape index (κ3) is 3.09. The Hall–Kier alpha value is -0.670. The zero-order valence-corrected chi connectivity index (χ0v) is 19.7. The number of fused-ring (bicyclic) bond motifs is 5. The number of ketones is 1. The number of carbonyl (C=O) groups excluding carboxylic acids is 1. The molecular formula is C27H42O3. The second-order valence-electron chi connectivity index (χ2n) is 12.6. The number of ether oxygens (including phenoxy) is 1. The molecule has 0 aromatic rings. The summed E-state index contributed by atoms with van der Waals surface area (Å²) in [6, 6.07) is 0. The van der Waals surface area contributed by atoms with E-state index in [4.69, 9.17) is 4.74 Å². The number of carbonyl (C=O) groups is 1. The van der Waals surface area contributed by atoms with Gasteiger partial charge in [-0.25, -0.2) is 0 Å². The summed E-state index contributed by atoms with van der Waals surface area (Å²) in [5.74, 6) is 3.79. The van der Waals surface area contributed by atoms with Crippen LogP contribution in [0.4, 0.5) is 0 Å². The molecule has 3 heteroatoms. The quantitative estimate of drug-likeness (QED) is 0.600. The van der Waals surface area contributed by atoms with Crippen molar-refractivity contribution in [1.82, 2.24) is 0 Å². The van der Waals surface area contributed by atoms with E-state index in [1.165, 1.54) is 38.5 Å². The molecule has 0 aromatic heterocycles. The first-order valence-electron chi connectivity index (χ1n) is 12.7.